The zero-order valence-corrected chi connectivity index (χ0v) is 13.5. The molecule has 0 aliphatic rings. The van der Waals surface area contributed by atoms with Crippen molar-refractivity contribution >= 4 is 22.5 Å². The van der Waals surface area contributed by atoms with Gasteiger partial charge < -0.3 is 15.0 Å². The molecule has 0 spiro atoms. The summed E-state index contributed by atoms with van der Waals surface area (Å²) >= 11 is 0. The number of H-pyrrole nitrogens is 1. The first-order valence-electron chi connectivity index (χ1n) is 7.49. The van der Waals surface area contributed by atoms with E-state index in [2.05, 4.69) is 10.3 Å². The number of para-hydroxylation sites is 3. The highest BCUT2D eigenvalue weighted by molar-refractivity contribution is 6.06. The number of nitrogens with one attached hydrogen (secondary N) is 2. The largest absolute Gasteiger partial charge is 0.495 e. The summed E-state index contributed by atoms with van der Waals surface area (Å²) in [6.45, 7) is 0. The van der Waals surface area contributed by atoms with Crippen LogP contribution >= 0.6 is 0 Å². The minimum Gasteiger partial charge on any atom is -0.495 e. The van der Waals surface area contributed by atoms with Gasteiger partial charge in [-0.05, 0) is 24.3 Å². The third-order valence-electron chi connectivity index (χ3n) is 3.82. The molecule has 2 aromatic carbocycles. The zero-order valence-electron chi connectivity index (χ0n) is 13.5. The topological polar surface area (TPSA) is 71.2 Å². The van der Waals surface area contributed by atoms with Crippen LogP contribution in [0.1, 0.15) is 15.9 Å². The normalized spacial score (nSPS) is 11.4. The highest BCUT2D eigenvalue weighted by atomic mass is 19.4. The maximum Gasteiger partial charge on any atom is 0.418 e. The van der Waals surface area contributed by atoms with Crippen LogP contribution in [0.15, 0.2) is 53.5 Å². The van der Waals surface area contributed by atoms with Crippen LogP contribution in [0.3, 0.4) is 0 Å². The number of alkyl halides is 3. The molecule has 0 saturated heterocycles. The monoisotopic (exact) mass is 362 g/mol. The van der Waals surface area contributed by atoms with Crippen molar-refractivity contribution in [3.05, 3.63) is 70.0 Å². The minimum atomic E-state index is -4.62. The van der Waals surface area contributed by atoms with Crippen LogP contribution < -0.4 is 15.5 Å². The van der Waals surface area contributed by atoms with E-state index in [9.17, 15) is 22.8 Å². The van der Waals surface area contributed by atoms with Crippen molar-refractivity contribution in [1.29, 1.82) is 0 Å². The van der Waals surface area contributed by atoms with Gasteiger partial charge in [-0.1, -0.05) is 18.2 Å². The lowest BCUT2D eigenvalue weighted by atomic mass is 10.1. The average Bonchev–Trinajstić information content (AvgIpc) is 2.61. The number of anilines is 1. The molecule has 1 aromatic heterocycles. The summed E-state index contributed by atoms with van der Waals surface area (Å²) in [5.74, 6) is -0.368. The van der Waals surface area contributed by atoms with Gasteiger partial charge in [0.2, 0.25) is 5.43 Å². The Hall–Kier alpha value is -3.29. The lowest BCUT2D eigenvalue weighted by Gasteiger charge is -2.12. The minimum absolute atomic E-state index is 0.215. The quantitative estimate of drug-likeness (QED) is 0.744. The number of benzene rings is 2. The predicted octanol–water partition coefficient (Wildman–Crippen LogP) is 3.81. The lowest BCUT2D eigenvalue weighted by molar-refractivity contribution is -0.136. The molecule has 0 bridgehead atoms. The molecule has 2 N–H and O–H groups in total. The van der Waals surface area contributed by atoms with Crippen LogP contribution in [0.4, 0.5) is 18.9 Å². The molecule has 26 heavy (non-hydrogen) atoms. The molecule has 1 heterocycles. The molecule has 3 aromatic rings. The van der Waals surface area contributed by atoms with Gasteiger partial charge >= 0.3 is 6.18 Å². The van der Waals surface area contributed by atoms with Crippen LogP contribution in [0.2, 0.25) is 0 Å². The van der Waals surface area contributed by atoms with Crippen molar-refractivity contribution in [1.82, 2.24) is 4.98 Å². The second-order valence-electron chi connectivity index (χ2n) is 5.41. The molecule has 1 amide bonds. The maximum atomic E-state index is 13.1. The Balaban J connectivity index is 2.05. The standard InChI is InChI=1S/C18H13F3N2O3/c1-26-14-8-3-2-7-13(14)23-17(25)11-9-22-15-10(16(11)24)5-4-6-12(15)18(19,20)21/h2-9H,1H3,(H,22,24)(H,23,25). The summed E-state index contributed by atoms with van der Waals surface area (Å²) in [7, 11) is 1.42. The molecular weight excluding hydrogens is 349 g/mol. The van der Waals surface area contributed by atoms with Crippen LogP contribution in [0.5, 0.6) is 5.75 Å². The number of hydrogen-bond donors (Lipinski definition) is 2. The molecule has 3 rings (SSSR count). The fourth-order valence-electron chi connectivity index (χ4n) is 2.59. The molecular formula is C18H13F3N2O3. The number of rotatable bonds is 3. The van der Waals surface area contributed by atoms with E-state index in [0.29, 0.717) is 11.4 Å². The second kappa shape index (κ2) is 6.55. The van der Waals surface area contributed by atoms with E-state index in [1.54, 1.807) is 24.3 Å². The molecule has 8 heteroatoms. The number of aromatic nitrogens is 1. The Morgan fingerprint density at radius 1 is 1.12 bits per heavy atom. The fraction of sp³-hybridized carbons (Fsp3) is 0.111. The Labute approximate surface area is 145 Å². The molecule has 0 fully saturated rings. The van der Waals surface area contributed by atoms with E-state index >= 15 is 0 Å². The molecule has 0 aliphatic heterocycles. The maximum absolute atomic E-state index is 13.1. The number of amides is 1. The SMILES string of the molecule is COc1ccccc1NC(=O)c1c[nH]c2c(C(F)(F)F)cccc2c1=O. The first-order chi connectivity index (χ1) is 12.3. The zero-order chi connectivity index (χ0) is 18.9. The highest BCUT2D eigenvalue weighted by Gasteiger charge is 2.33. The van der Waals surface area contributed by atoms with E-state index in [0.717, 1.165) is 18.3 Å². The van der Waals surface area contributed by atoms with Crippen molar-refractivity contribution < 1.29 is 22.7 Å². The molecule has 5 nitrogen and oxygen atoms in total. The number of fused-ring (bicyclic) bond motifs is 1. The number of carbonyl (C=O) groups excluding carboxylic acids is 1. The van der Waals surface area contributed by atoms with Gasteiger partial charge in [-0.3, -0.25) is 9.59 Å². The lowest BCUT2D eigenvalue weighted by Crippen LogP contribution is -2.23. The predicted molar refractivity (Wildman–Crippen MR) is 90.5 cm³/mol. The van der Waals surface area contributed by atoms with Gasteiger partial charge in [-0.25, -0.2) is 0 Å². The summed E-state index contributed by atoms with van der Waals surface area (Å²) in [5.41, 5.74) is -2.09. The first kappa shape index (κ1) is 17.5. The van der Waals surface area contributed by atoms with E-state index in [-0.39, 0.29) is 16.5 Å². The van der Waals surface area contributed by atoms with Gasteiger partial charge in [0.1, 0.15) is 11.3 Å². The van der Waals surface area contributed by atoms with Gasteiger partial charge in [0, 0.05) is 11.6 Å². The molecule has 0 saturated carbocycles. The van der Waals surface area contributed by atoms with Crippen molar-refractivity contribution in [2.75, 3.05) is 12.4 Å². The Morgan fingerprint density at radius 3 is 2.54 bits per heavy atom. The summed E-state index contributed by atoms with van der Waals surface area (Å²) in [6, 6.07) is 9.80. The van der Waals surface area contributed by atoms with E-state index in [4.69, 9.17) is 4.74 Å². The van der Waals surface area contributed by atoms with Crippen molar-refractivity contribution in [2.45, 2.75) is 6.18 Å². The van der Waals surface area contributed by atoms with Crippen LogP contribution in [-0.2, 0) is 6.18 Å². The Kier molecular flexibility index (Phi) is 4.41. The number of ether oxygens (including phenoxy) is 1. The van der Waals surface area contributed by atoms with Gasteiger partial charge in [-0.15, -0.1) is 0 Å². The Bertz CT molecular complexity index is 1040. The van der Waals surface area contributed by atoms with Crippen molar-refractivity contribution in [3.8, 4) is 5.75 Å². The Morgan fingerprint density at radius 2 is 1.85 bits per heavy atom. The summed E-state index contributed by atoms with van der Waals surface area (Å²) in [4.78, 5) is 27.4. The first-order valence-corrected chi connectivity index (χ1v) is 7.49. The molecule has 0 atom stereocenters. The van der Waals surface area contributed by atoms with E-state index < -0.39 is 23.1 Å². The smallest absolute Gasteiger partial charge is 0.418 e. The number of hydrogen-bond acceptors (Lipinski definition) is 3. The summed E-state index contributed by atoms with van der Waals surface area (Å²) < 4.78 is 44.3. The van der Waals surface area contributed by atoms with Gasteiger partial charge in [0.15, 0.2) is 0 Å². The molecule has 0 radical (unpaired) electrons. The number of carbonyl (C=O) groups is 1. The molecule has 0 aliphatic carbocycles. The average molecular weight is 362 g/mol. The van der Waals surface area contributed by atoms with Crippen LogP contribution in [0, 0.1) is 0 Å². The molecule has 0 unspecified atom stereocenters. The van der Waals surface area contributed by atoms with Gasteiger partial charge in [-0.2, -0.15) is 13.2 Å². The number of halogens is 3. The number of pyridine rings is 1. The molecule has 134 valence electrons. The van der Waals surface area contributed by atoms with Gasteiger partial charge in [0.25, 0.3) is 5.91 Å². The third-order valence-corrected chi connectivity index (χ3v) is 3.82. The van der Waals surface area contributed by atoms with Crippen molar-refractivity contribution in [2.24, 2.45) is 0 Å². The number of methoxy groups -OCH3 is 1. The van der Waals surface area contributed by atoms with E-state index in [1.807, 2.05) is 0 Å². The van der Waals surface area contributed by atoms with Crippen LogP contribution in [-0.4, -0.2) is 18.0 Å². The fourth-order valence-corrected chi connectivity index (χ4v) is 2.59. The van der Waals surface area contributed by atoms with Crippen molar-refractivity contribution in [3.63, 3.8) is 0 Å². The second-order valence-corrected chi connectivity index (χ2v) is 5.41. The van der Waals surface area contributed by atoms with Crippen LogP contribution in [0.25, 0.3) is 10.9 Å². The summed E-state index contributed by atoms with van der Waals surface area (Å²) in [6.07, 6.45) is -3.64. The summed E-state index contributed by atoms with van der Waals surface area (Å²) in [5, 5.41) is 2.31. The highest BCUT2D eigenvalue weighted by Crippen LogP contribution is 2.33. The third kappa shape index (κ3) is 3.13. The number of aromatic amines is 1. The van der Waals surface area contributed by atoms with Gasteiger partial charge in [0.05, 0.1) is 23.9 Å². The van der Waals surface area contributed by atoms with E-state index in [1.165, 1.54) is 13.2 Å².